The molecule has 1 heterocycles. The van der Waals surface area contributed by atoms with Crippen LogP contribution in [0.3, 0.4) is 0 Å². The molecule has 0 radical (unpaired) electrons. The fourth-order valence-corrected chi connectivity index (χ4v) is 3.13. The summed E-state index contributed by atoms with van der Waals surface area (Å²) in [5.41, 5.74) is 2.05. The number of rotatable bonds is 0. The van der Waals surface area contributed by atoms with E-state index in [4.69, 9.17) is 0 Å². The first kappa shape index (κ1) is 9.88. The van der Waals surface area contributed by atoms with Crippen LogP contribution in [0.5, 0.6) is 0 Å². The second kappa shape index (κ2) is 3.34. The molecule has 2 aliphatic rings. The first-order valence-corrected chi connectivity index (χ1v) is 6.13. The molecular formula is C14H17NO. The number of hydrogen-bond donors (Lipinski definition) is 1. The van der Waals surface area contributed by atoms with Crippen LogP contribution in [0.25, 0.3) is 0 Å². The lowest BCUT2D eigenvalue weighted by Gasteiger charge is -2.34. The predicted octanol–water partition coefficient (Wildman–Crippen LogP) is 3.09. The van der Waals surface area contributed by atoms with Crippen LogP contribution < -0.4 is 5.32 Å². The third kappa shape index (κ3) is 1.22. The minimum atomic E-state index is -0.205. The molecule has 0 atom stereocenters. The molecule has 1 spiro atoms. The molecule has 1 aliphatic heterocycles. The molecule has 1 fully saturated rings. The van der Waals surface area contributed by atoms with Crippen molar-refractivity contribution in [3.05, 3.63) is 29.8 Å². The van der Waals surface area contributed by atoms with Crippen LogP contribution in [-0.4, -0.2) is 5.91 Å². The van der Waals surface area contributed by atoms with Gasteiger partial charge < -0.3 is 5.32 Å². The summed E-state index contributed by atoms with van der Waals surface area (Å²) in [7, 11) is 0. The van der Waals surface area contributed by atoms with E-state index in [0.29, 0.717) is 0 Å². The van der Waals surface area contributed by atoms with Crippen molar-refractivity contribution in [1.82, 2.24) is 0 Å². The Morgan fingerprint density at radius 3 is 2.69 bits per heavy atom. The number of benzene rings is 1. The first-order chi connectivity index (χ1) is 7.72. The van der Waals surface area contributed by atoms with Gasteiger partial charge in [0.15, 0.2) is 0 Å². The van der Waals surface area contributed by atoms with Gasteiger partial charge in [0.1, 0.15) is 0 Å². The number of anilines is 1. The molecule has 1 aromatic carbocycles. The fraction of sp³-hybridized carbons (Fsp3) is 0.500. The molecule has 0 aromatic heterocycles. The Labute approximate surface area is 96.1 Å². The maximum absolute atomic E-state index is 12.2. The van der Waals surface area contributed by atoms with Crippen LogP contribution >= 0.6 is 0 Å². The zero-order chi connectivity index (χ0) is 11.2. The highest BCUT2D eigenvalue weighted by Gasteiger charge is 2.47. The lowest BCUT2D eigenvalue weighted by molar-refractivity contribution is -0.122. The Morgan fingerprint density at radius 1 is 1.25 bits per heavy atom. The van der Waals surface area contributed by atoms with Gasteiger partial charge in [-0.2, -0.15) is 0 Å². The highest BCUT2D eigenvalue weighted by atomic mass is 16.2. The Morgan fingerprint density at radius 2 is 1.94 bits per heavy atom. The fourth-order valence-electron chi connectivity index (χ4n) is 3.13. The minimum Gasteiger partial charge on any atom is -0.325 e. The first-order valence-electron chi connectivity index (χ1n) is 6.13. The number of fused-ring (bicyclic) bond motifs is 2. The van der Waals surface area contributed by atoms with Crippen molar-refractivity contribution in [2.75, 3.05) is 5.32 Å². The average Bonchev–Trinajstić information content (AvgIpc) is 2.57. The highest BCUT2D eigenvalue weighted by Crippen LogP contribution is 2.48. The number of amides is 1. The molecule has 1 amide bonds. The summed E-state index contributed by atoms with van der Waals surface area (Å²) in [5, 5.41) is 3.03. The molecule has 16 heavy (non-hydrogen) atoms. The molecule has 84 valence electrons. The Bertz CT molecular complexity index is 430. The van der Waals surface area contributed by atoms with E-state index >= 15 is 0 Å². The number of carbonyl (C=O) groups is 1. The van der Waals surface area contributed by atoms with Crippen molar-refractivity contribution in [2.24, 2.45) is 5.92 Å². The summed E-state index contributed by atoms with van der Waals surface area (Å²) in [4.78, 5) is 12.2. The van der Waals surface area contributed by atoms with Gasteiger partial charge in [-0.3, -0.25) is 4.79 Å². The average molecular weight is 215 g/mol. The van der Waals surface area contributed by atoms with Gasteiger partial charge in [-0.15, -0.1) is 0 Å². The van der Waals surface area contributed by atoms with Crippen molar-refractivity contribution in [2.45, 2.75) is 38.0 Å². The summed E-state index contributed by atoms with van der Waals surface area (Å²) >= 11 is 0. The van der Waals surface area contributed by atoms with Gasteiger partial charge in [0.05, 0.1) is 5.41 Å². The lowest BCUT2D eigenvalue weighted by Crippen LogP contribution is -2.37. The van der Waals surface area contributed by atoms with Crippen LogP contribution in [0.1, 0.15) is 38.2 Å². The van der Waals surface area contributed by atoms with Gasteiger partial charge in [0.2, 0.25) is 5.91 Å². The summed E-state index contributed by atoms with van der Waals surface area (Å²) < 4.78 is 0. The maximum atomic E-state index is 12.2. The second-order valence-corrected chi connectivity index (χ2v) is 5.26. The van der Waals surface area contributed by atoms with Gasteiger partial charge in [0.25, 0.3) is 0 Å². The van der Waals surface area contributed by atoms with Crippen LogP contribution in [0.4, 0.5) is 5.69 Å². The molecule has 0 unspecified atom stereocenters. The number of nitrogens with one attached hydrogen (secondary N) is 1. The molecule has 0 bridgehead atoms. The van der Waals surface area contributed by atoms with E-state index in [-0.39, 0.29) is 11.3 Å². The van der Waals surface area contributed by atoms with Gasteiger partial charge in [-0.25, -0.2) is 0 Å². The van der Waals surface area contributed by atoms with E-state index in [0.717, 1.165) is 24.4 Å². The van der Waals surface area contributed by atoms with Gasteiger partial charge >= 0.3 is 0 Å². The Balaban J connectivity index is 2.04. The normalized spacial score (nSPS) is 32.6. The molecular weight excluding hydrogens is 198 g/mol. The summed E-state index contributed by atoms with van der Waals surface area (Å²) in [5.74, 6) is 0.992. The van der Waals surface area contributed by atoms with Crippen molar-refractivity contribution < 1.29 is 4.79 Å². The van der Waals surface area contributed by atoms with Crippen LogP contribution in [0.15, 0.2) is 24.3 Å². The SMILES string of the molecule is CC1CCC2(CC1)C(=O)Nc1ccccc12. The molecule has 0 saturated heterocycles. The molecule has 2 nitrogen and oxygen atoms in total. The second-order valence-electron chi connectivity index (χ2n) is 5.26. The number of carbonyl (C=O) groups excluding carboxylic acids is 1. The van der Waals surface area contributed by atoms with E-state index in [1.165, 1.54) is 18.4 Å². The Hall–Kier alpha value is -1.31. The number of para-hydroxylation sites is 1. The van der Waals surface area contributed by atoms with Crippen LogP contribution in [-0.2, 0) is 10.2 Å². The molecule has 2 heteroatoms. The summed E-state index contributed by atoms with van der Waals surface area (Å²) in [6.45, 7) is 2.28. The molecule has 1 N–H and O–H groups in total. The van der Waals surface area contributed by atoms with E-state index < -0.39 is 0 Å². The van der Waals surface area contributed by atoms with Crippen molar-refractivity contribution in [3.63, 3.8) is 0 Å². The zero-order valence-electron chi connectivity index (χ0n) is 9.62. The predicted molar refractivity (Wildman–Crippen MR) is 64.4 cm³/mol. The third-order valence-electron chi connectivity index (χ3n) is 4.25. The number of hydrogen-bond acceptors (Lipinski definition) is 1. The van der Waals surface area contributed by atoms with E-state index in [1.54, 1.807) is 0 Å². The summed E-state index contributed by atoms with van der Waals surface area (Å²) in [6.07, 6.45) is 4.36. The standard InChI is InChI=1S/C14H17NO/c1-10-6-8-14(9-7-10)11-4-2-3-5-12(11)15-13(14)16/h2-5,10H,6-9H2,1H3,(H,15,16). The topological polar surface area (TPSA) is 29.1 Å². The maximum Gasteiger partial charge on any atom is 0.235 e. The quantitative estimate of drug-likeness (QED) is 0.708. The molecule has 1 aromatic rings. The van der Waals surface area contributed by atoms with Crippen LogP contribution in [0.2, 0.25) is 0 Å². The monoisotopic (exact) mass is 215 g/mol. The van der Waals surface area contributed by atoms with Gasteiger partial charge in [0, 0.05) is 5.69 Å². The van der Waals surface area contributed by atoms with Crippen molar-refractivity contribution >= 4 is 11.6 Å². The van der Waals surface area contributed by atoms with E-state index in [9.17, 15) is 4.79 Å². The lowest BCUT2D eigenvalue weighted by atomic mass is 9.67. The van der Waals surface area contributed by atoms with E-state index in [1.807, 2.05) is 18.2 Å². The highest BCUT2D eigenvalue weighted by molar-refractivity contribution is 6.06. The van der Waals surface area contributed by atoms with E-state index in [2.05, 4.69) is 18.3 Å². The molecule has 3 rings (SSSR count). The van der Waals surface area contributed by atoms with Gasteiger partial charge in [-0.1, -0.05) is 25.1 Å². The van der Waals surface area contributed by atoms with Crippen LogP contribution in [0, 0.1) is 5.92 Å². The van der Waals surface area contributed by atoms with Crippen molar-refractivity contribution in [1.29, 1.82) is 0 Å². The molecule has 1 aliphatic carbocycles. The zero-order valence-corrected chi connectivity index (χ0v) is 9.62. The largest absolute Gasteiger partial charge is 0.325 e. The Kier molecular flexibility index (Phi) is 2.06. The molecule has 1 saturated carbocycles. The third-order valence-corrected chi connectivity index (χ3v) is 4.25. The van der Waals surface area contributed by atoms with Gasteiger partial charge in [-0.05, 0) is 43.2 Å². The minimum absolute atomic E-state index is 0.205. The summed E-state index contributed by atoms with van der Waals surface area (Å²) in [6, 6.07) is 8.16. The smallest absolute Gasteiger partial charge is 0.235 e. The van der Waals surface area contributed by atoms with Crippen molar-refractivity contribution in [3.8, 4) is 0 Å².